The van der Waals surface area contributed by atoms with Crippen LogP contribution in [0.15, 0.2) is 65.8 Å². The second kappa shape index (κ2) is 8.81. The molecular formula is C20H22N4O3S. The minimum atomic E-state index is -3.48. The minimum Gasteiger partial charge on any atom is -0.496 e. The SMILES string of the molecule is CCCNS(=O)(=O)c1ccc(Nc2cc(-c3ccccc3OC)ncn2)cc1. The maximum absolute atomic E-state index is 12.2. The number of para-hydroxylation sites is 1. The van der Waals surface area contributed by atoms with Crippen LogP contribution in [0.1, 0.15) is 13.3 Å². The Labute approximate surface area is 164 Å². The van der Waals surface area contributed by atoms with Gasteiger partial charge in [-0.05, 0) is 42.8 Å². The summed E-state index contributed by atoms with van der Waals surface area (Å²) in [5.74, 6) is 1.32. The molecule has 0 aliphatic rings. The molecule has 3 rings (SSSR count). The summed E-state index contributed by atoms with van der Waals surface area (Å²) in [5.41, 5.74) is 2.30. The van der Waals surface area contributed by atoms with E-state index in [2.05, 4.69) is 20.0 Å². The molecule has 0 saturated carbocycles. The summed E-state index contributed by atoms with van der Waals surface area (Å²) >= 11 is 0. The molecule has 146 valence electrons. The molecule has 0 atom stereocenters. The fourth-order valence-electron chi connectivity index (χ4n) is 2.61. The van der Waals surface area contributed by atoms with Gasteiger partial charge in [-0.25, -0.2) is 23.1 Å². The van der Waals surface area contributed by atoms with Crippen molar-refractivity contribution < 1.29 is 13.2 Å². The van der Waals surface area contributed by atoms with Crippen LogP contribution in [0.4, 0.5) is 11.5 Å². The highest BCUT2D eigenvalue weighted by Crippen LogP contribution is 2.29. The van der Waals surface area contributed by atoms with Crippen molar-refractivity contribution in [3.8, 4) is 17.0 Å². The predicted molar refractivity (Wildman–Crippen MR) is 109 cm³/mol. The summed E-state index contributed by atoms with van der Waals surface area (Å²) in [6.45, 7) is 2.32. The van der Waals surface area contributed by atoms with Gasteiger partial charge < -0.3 is 10.1 Å². The molecule has 2 aromatic carbocycles. The summed E-state index contributed by atoms with van der Waals surface area (Å²) < 4.78 is 32.3. The zero-order chi connectivity index (χ0) is 20.0. The Hall–Kier alpha value is -2.97. The van der Waals surface area contributed by atoms with Gasteiger partial charge in [0.25, 0.3) is 0 Å². The van der Waals surface area contributed by atoms with Gasteiger partial charge in [-0.3, -0.25) is 0 Å². The molecule has 0 radical (unpaired) electrons. The van der Waals surface area contributed by atoms with Gasteiger partial charge in [0.15, 0.2) is 0 Å². The molecular weight excluding hydrogens is 376 g/mol. The second-order valence-corrected chi connectivity index (χ2v) is 7.80. The lowest BCUT2D eigenvalue weighted by molar-refractivity contribution is 0.416. The van der Waals surface area contributed by atoms with Crippen molar-refractivity contribution in [3.63, 3.8) is 0 Å². The van der Waals surface area contributed by atoms with Crippen LogP contribution >= 0.6 is 0 Å². The largest absolute Gasteiger partial charge is 0.496 e. The Kier molecular flexibility index (Phi) is 6.23. The summed E-state index contributed by atoms with van der Waals surface area (Å²) in [6, 6.07) is 15.9. The number of benzene rings is 2. The molecule has 0 aliphatic carbocycles. The highest BCUT2D eigenvalue weighted by atomic mass is 32.2. The van der Waals surface area contributed by atoms with Crippen LogP contribution < -0.4 is 14.8 Å². The normalized spacial score (nSPS) is 11.2. The number of anilines is 2. The molecule has 1 heterocycles. The molecule has 7 nitrogen and oxygen atoms in total. The fraction of sp³-hybridized carbons (Fsp3) is 0.200. The smallest absolute Gasteiger partial charge is 0.240 e. The lowest BCUT2D eigenvalue weighted by Crippen LogP contribution is -2.24. The Bertz CT molecular complexity index is 1040. The number of nitrogens with zero attached hydrogens (tertiary/aromatic N) is 2. The predicted octanol–water partition coefficient (Wildman–Crippen LogP) is 3.58. The molecule has 0 unspecified atom stereocenters. The van der Waals surface area contributed by atoms with Crippen LogP contribution in [-0.4, -0.2) is 32.0 Å². The van der Waals surface area contributed by atoms with Crippen LogP contribution in [0.3, 0.4) is 0 Å². The van der Waals surface area contributed by atoms with Gasteiger partial charge in [0.1, 0.15) is 17.9 Å². The molecule has 0 saturated heterocycles. The van der Waals surface area contributed by atoms with Gasteiger partial charge in [-0.2, -0.15) is 0 Å². The van der Waals surface area contributed by atoms with Crippen LogP contribution in [0.2, 0.25) is 0 Å². The first-order chi connectivity index (χ1) is 13.5. The molecule has 0 bridgehead atoms. The van der Waals surface area contributed by atoms with Crippen LogP contribution in [0.5, 0.6) is 5.75 Å². The summed E-state index contributed by atoms with van der Waals surface area (Å²) in [6.07, 6.45) is 2.21. The van der Waals surface area contributed by atoms with E-state index in [1.165, 1.54) is 6.33 Å². The van der Waals surface area contributed by atoms with E-state index in [-0.39, 0.29) is 4.90 Å². The van der Waals surface area contributed by atoms with Gasteiger partial charge in [-0.15, -0.1) is 0 Å². The third-order valence-electron chi connectivity index (χ3n) is 4.03. The Morgan fingerprint density at radius 3 is 2.50 bits per heavy atom. The van der Waals surface area contributed by atoms with Crippen LogP contribution in [0.25, 0.3) is 11.3 Å². The zero-order valence-corrected chi connectivity index (χ0v) is 16.5. The average Bonchev–Trinajstić information content (AvgIpc) is 2.73. The van der Waals surface area contributed by atoms with Gasteiger partial charge in [0.2, 0.25) is 10.0 Å². The van der Waals surface area contributed by atoms with Crippen LogP contribution in [0, 0.1) is 0 Å². The van der Waals surface area contributed by atoms with Gasteiger partial charge in [0, 0.05) is 23.9 Å². The Morgan fingerprint density at radius 2 is 1.79 bits per heavy atom. The zero-order valence-electron chi connectivity index (χ0n) is 15.7. The van der Waals surface area contributed by atoms with Gasteiger partial charge in [-0.1, -0.05) is 19.1 Å². The van der Waals surface area contributed by atoms with Crippen molar-refractivity contribution in [2.75, 3.05) is 19.0 Å². The summed E-state index contributed by atoms with van der Waals surface area (Å²) in [7, 11) is -1.86. The monoisotopic (exact) mass is 398 g/mol. The van der Waals surface area contributed by atoms with Crippen LogP contribution in [-0.2, 0) is 10.0 Å². The van der Waals surface area contributed by atoms with Crippen molar-refractivity contribution in [2.45, 2.75) is 18.2 Å². The molecule has 8 heteroatoms. The second-order valence-electron chi connectivity index (χ2n) is 6.04. The van der Waals surface area contributed by atoms with E-state index < -0.39 is 10.0 Å². The Morgan fingerprint density at radius 1 is 1.04 bits per heavy atom. The molecule has 3 aromatic rings. The van der Waals surface area contributed by atoms with E-state index in [1.807, 2.05) is 37.3 Å². The first kappa shape index (κ1) is 19.8. The van der Waals surface area contributed by atoms with E-state index in [4.69, 9.17) is 4.74 Å². The number of aromatic nitrogens is 2. The third kappa shape index (κ3) is 4.65. The summed E-state index contributed by atoms with van der Waals surface area (Å²) in [5, 5.41) is 3.17. The first-order valence-electron chi connectivity index (χ1n) is 8.85. The van der Waals surface area contributed by atoms with E-state index in [0.717, 1.165) is 29.1 Å². The highest BCUT2D eigenvalue weighted by molar-refractivity contribution is 7.89. The number of ether oxygens (including phenoxy) is 1. The van der Waals surface area contributed by atoms with E-state index in [1.54, 1.807) is 31.4 Å². The lowest BCUT2D eigenvalue weighted by Gasteiger charge is -2.10. The molecule has 2 N–H and O–H groups in total. The third-order valence-corrected chi connectivity index (χ3v) is 5.51. The van der Waals surface area contributed by atoms with Gasteiger partial charge in [0.05, 0.1) is 17.7 Å². The van der Waals surface area contributed by atoms with Crippen molar-refractivity contribution in [1.29, 1.82) is 0 Å². The van der Waals surface area contributed by atoms with E-state index >= 15 is 0 Å². The van der Waals surface area contributed by atoms with E-state index in [9.17, 15) is 8.42 Å². The fourth-order valence-corrected chi connectivity index (χ4v) is 3.75. The Balaban J connectivity index is 1.79. The average molecular weight is 398 g/mol. The number of hydrogen-bond acceptors (Lipinski definition) is 6. The molecule has 0 amide bonds. The quantitative estimate of drug-likeness (QED) is 0.602. The topological polar surface area (TPSA) is 93.2 Å². The maximum Gasteiger partial charge on any atom is 0.240 e. The van der Waals surface area contributed by atoms with Crippen molar-refractivity contribution in [2.24, 2.45) is 0 Å². The number of hydrogen-bond donors (Lipinski definition) is 2. The molecule has 0 fully saturated rings. The summed E-state index contributed by atoms with van der Waals surface area (Å²) in [4.78, 5) is 8.78. The maximum atomic E-state index is 12.2. The number of nitrogens with one attached hydrogen (secondary N) is 2. The molecule has 0 spiro atoms. The van der Waals surface area contributed by atoms with Crippen molar-refractivity contribution >= 4 is 21.5 Å². The molecule has 0 aliphatic heterocycles. The number of sulfonamides is 1. The van der Waals surface area contributed by atoms with Crippen molar-refractivity contribution in [3.05, 3.63) is 60.9 Å². The van der Waals surface area contributed by atoms with Gasteiger partial charge >= 0.3 is 0 Å². The minimum absolute atomic E-state index is 0.226. The molecule has 28 heavy (non-hydrogen) atoms. The first-order valence-corrected chi connectivity index (χ1v) is 10.3. The van der Waals surface area contributed by atoms with E-state index in [0.29, 0.717) is 12.4 Å². The highest BCUT2D eigenvalue weighted by Gasteiger charge is 2.13. The molecule has 1 aromatic heterocycles. The lowest BCUT2D eigenvalue weighted by atomic mass is 10.1. The van der Waals surface area contributed by atoms with Crippen molar-refractivity contribution in [1.82, 2.24) is 14.7 Å². The number of rotatable bonds is 8. The standard InChI is InChI=1S/C20H22N4O3S/c1-3-12-23-28(25,26)16-10-8-15(9-11-16)24-20-13-18(21-14-22-20)17-6-4-5-7-19(17)27-2/h4-11,13-14,23H,3,12H2,1-2H3,(H,21,22,24). The number of methoxy groups -OCH3 is 1.